The van der Waals surface area contributed by atoms with Crippen LogP contribution in [-0.2, 0) is 14.8 Å². The zero-order valence-electron chi connectivity index (χ0n) is 11.3. The molecule has 0 bridgehead atoms. The fourth-order valence-corrected chi connectivity index (χ4v) is 3.08. The van der Waals surface area contributed by atoms with Gasteiger partial charge in [0.15, 0.2) is 0 Å². The van der Waals surface area contributed by atoms with E-state index in [0.29, 0.717) is 13.1 Å². The smallest absolute Gasteiger partial charge is 0.226 e. The first-order chi connectivity index (χ1) is 8.33. The Balaban J connectivity index is 2.55. The lowest BCUT2D eigenvalue weighted by atomic mass is 10.0. The fraction of sp³-hybridized carbons (Fsp3) is 0.909. The van der Waals surface area contributed by atoms with Gasteiger partial charge in [-0.25, -0.2) is 13.1 Å². The molecular weight excluding hydrogens is 254 g/mol. The molecule has 1 rings (SSSR count). The van der Waals surface area contributed by atoms with Gasteiger partial charge in [0.05, 0.1) is 6.26 Å². The molecule has 2 N–H and O–H groups in total. The van der Waals surface area contributed by atoms with Crippen LogP contribution in [0, 0.1) is 5.92 Å². The number of nitrogens with zero attached hydrogens (tertiary/aromatic N) is 1. The molecule has 1 aliphatic heterocycles. The zero-order chi connectivity index (χ0) is 13.8. The normalized spacial score (nSPS) is 22.8. The van der Waals surface area contributed by atoms with Gasteiger partial charge in [0.25, 0.3) is 0 Å². The number of carbonyl (C=O) groups is 1. The third-order valence-corrected chi connectivity index (χ3v) is 3.81. The van der Waals surface area contributed by atoms with Crippen LogP contribution in [0.1, 0.15) is 19.8 Å². The van der Waals surface area contributed by atoms with Crippen LogP contribution >= 0.6 is 0 Å². The summed E-state index contributed by atoms with van der Waals surface area (Å²) in [5.41, 5.74) is 0. The third-order valence-electron chi connectivity index (χ3n) is 3.05. The summed E-state index contributed by atoms with van der Waals surface area (Å²) in [5, 5.41) is 2.98. The van der Waals surface area contributed by atoms with Crippen molar-refractivity contribution in [1.29, 1.82) is 0 Å². The summed E-state index contributed by atoms with van der Waals surface area (Å²) < 4.78 is 25.0. The van der Waals surface area contributed by atoms with Crippen LogP contribution in [0.5, 0.6) is 0 Å². The Kier molecular flexibility index (Phi) is 5.55. The number of likely N-dealkylation sites (tertiary alicyclic amines) is 1. The van der Waals surface area contributed by atoms with Gasteiger partial charge in [0.2, 0.25) is 15.9 Å². The van der Waals surface area contributed by atoms with Crippen LogP contribution in [0.2, 0.25) is 0 Å². The Labute approximate surface area is 109 Å². The summed E-state index contributed by atoms with van der Waals surface area (Å²) >= 11 is 0. The Morgan fingerprint density at radius 3 is 2.72 bits per heavy atom. The van der Waals surface area contributed by atoms with Gasteiger partial charge in [-0.15, -0.1) is 0 Å². The van der Waals surface area contributed by atoms with E-state index in [0.717, 1.165) is 25.6 Å². The second-order valence-electron chi connectivity index (χ2n) is 4.97. The van der Waals surface area contributed by atoms with Crippen molar-refractivity contribution >= 4 is 15.9 Å². The van der Waals surface area contributed by atoms with Crippen molar-refractivity contribution in [2.45, 2.75) is 25.8 Å². The van der Waals surface area contributed by atoms with Crippen molar-refractivity contribution in [2.24, 2.45) is 5.92 Å². The molecule has 0 aliphatic carbocycles. The quantitative estimate of drug-likeness (QED) is 0.702. The molecule has 1 fully saturated rings. The molecule has 0 aromatic heterocycles. The molecule has 0 aromatic carbocycles. The molecule has 0 radical (unpaired) electrons. The number of amides is 1. The fourth-order valence-electron chi connectivity index (χ4n) is 2.28. The maximum absolute atomic E-state index is 12.1. The molecule has 7 heteroatoms. The lowest BCUT2D eigenvalue weighted by Crippen LogP contribution is -2.51. The summed E-state index contributed by atoms with van der Waals surface area (Å²) in [6, 6.07) is -0.153. The monoisotopic (exact) mass is 277 g/mol. The van der Waals surface area contributed by atoms with E-state index >= 15 is 0 Å². The lowest BCUT2D eigenvalue weighted by Gasteiger charge is -2.34. The highest BCUT2D eigenvalue weighted by molar-refractivity contribution is 7.88. The first-order valence-corrected chi connectivity index (χ1v) is 8.13. The van der Waals surface area contributed by atoms with E-state index in [1.165, 1.54) is 0 Å². The van der Waals surface area contributed by atoms with Gasteiger partial charge in [-0.1, -0.05) is 6.92 Å². The van der Waals surface area contributed by atoms with Crippen molar-refractivity contribution in [3.8, 4) is 0 Å². The largest absolute Gasteiger partial charge is 0.341 e. The van der Waals surface area contributed by atoms with Gasteiger partial charge in [-0.05, 0) is 19.9 Å². The Morgan fingerprint density at radius 2 is 2.17 bits per heavy atom. The molecule has 0 saturated carbocycles. The predicted octanol–water partition coefficient (Wildman–Crippen LogP) is -0.618. The van der Waals surface area contributed by atoms with Gasteiger partial charge in [0.1, 0.15) is 0 Å². The molecular formula is C11H23N3O3S. The topological polar surface area (TPSA) is 78.5 Å². The van der Waals surface area contributed by atoms with Crippen molar-refractivity contribution in [1.82, 2.24) is 14.9 Å². The number of hydrogen-bond donors (Lipinski definition) is 2. The van der Waals surface area contributed by atoms with Gasteiger partial charge < -0.3 is 10.2 Å². The average Bonchev–Trinajstić information content (AvgIpc) is 2.26. The minimum Gasteiger partial charge on any atom is -0.341 e. The molecule has 2 atom stereocenters. The highest BCUT2D eigenvalue weighted by Gasteiger charge is 2.27. The zero-order valence-corrected chi connectivity index (χ0v) is 12.1. The maximum atomic E-state index is 12.1. The number of nitrogens with one attached hydrogen (secondary N) is 2. The van der Waals surface area contributed by atoms with Crippen molar-refractivity contribution in [3.05, 3.63) is 0 Å². The van der Waals surface area contributed by atoms with E-state index in [4.69, 9.17) is 0 Å². The maximum Gasteiger partial charge on any atom is 0.226 e. The van der Waals surface area contributed by atoms with E-state index in [9.17, 15) is 13.2 Å². The van der Waals surface area contributed by atoms with E-state index in [1.54, 1.807) is 4.90 Å². The summed E-state index contributed by atoms with van der Waals surface area (Å²) in [6.45, 7) is 3.71. The minimum atomic E-state index is -3.20. The van der Waals surface area contributed by atoms with Crippen LogP contribution in [0.3, 0.4) is 0 Å². The molecule has 1 saturated heterocycles. The Bertz CT molecular complexity index is 383. The predicted molar refractivity (Wildman–Crippen MR) is 70.7 cm³/mol. The number of rotatable bonds is 5. The lowest BCUT2D eigenvalue weighted by molar-refractivity contribution is -0.136. The molecule has 6 nitrogen and oxygen atoms in total. The van der Waals surface area contributed by atoms with Gasteiger partial charge >= 0.3 is 0 Å². The number of sulfonamides is 1. The molecule has 1 heterocycles. The molecule has 1 amide bonds. The van der Waals surface area contributed by atoms with E-state index in [-0.39, 0.29) is 17.9 Å². The minimum absolute atomic E-state index is 0.0769. The highest BCUT2D eigenvalue weighted by Crippen LogP contribution is 2.13. The standard InChI is InChI=1S/C11H23N3O3S/c1-9(7-12-2)11(15)14-6-4-5-10(8-14)13-18(3,16)17/h9-10,12-13H,4-8H2,1-3H3. The summed E-state index contributed by atoms with van der Waals surface area (Å²) in [7, 11) is -1.39. The molecule has 2 unspecified atom stereocenters. The van der Waals surface area contributed by atoms with Crippen LogP contribution in [0.4, 0.5) is 0 Å². The second-order valence-corrected chi connectivity index (χ2v) is 6.75. The number of piperidine rings is 1. The van der Waals surface area contributed by atoms with Crippen LogP contribution in [-0.4, -0.2) is 58.2 Å². The Morgan fingerprint density at radius 1 is 1.50 bits per heavy atom. The molecule has 106 valence electrons. The van der Waals surface area contributed by atoms with E-state index in [2.05, 4.69) is 10.0 Å². The van der Waals surface area contributed by atoms with Crippen LogP contribution in [0.15, 0.2) is 0 Å². The van der Waals surface area contributed by atoms with Crippen molar-refractivity contribution in [2.75, 3.05) is 32.9 Å². The third kappa shape index (κ3) is 4.91. The van der Waals surface area contributed by atoms with Gasteiger partial charge in [0, 0.05) is 31.6 Å². The number of carbonyl (C=O) groups excluding carboxylic acids is 1. The molecule has 1 aliphatic rings. The summed E-state index contributed by atoms with van der Waals surface area (Å²) in [4.78, 5) is 13.9. The molecule has 18 heavy (non-hydrogen) atoms. The molecule has 0 aromatic rings. The van der Waals surface area contributed by atoms with E-state index < -0.39 is 10.0 Å². The molecule has 0 spiro atoms. The average molecular weight is 277 g/mol. The van der Waals surface area contributed by atoms with Gasteiger partial charge in [-0.2, -0.15) is 0 Å². The van der Waals surface area contributed by atoms with Crippen LogP contribution < -0.4 is 10.0 Å². The first kappa shape index (κ1) is 15.4. The van der Waals surface area contributed by atoms with Crippen molar-refractivity contribution < 1.29 is 13.2 Å². The second kappa shape index (κ2) is 6.49. The number of hydrogen-bond acceptors (Lipinski definition) is 4. The first-order valence-electron chi connectivity index (χ1n) is 6.24. The van der Waals surface area contributed by atoms with E-state index in [1.807, 2.05) is 14.0 Å². The highest BCUT2D eigenvalue weighted by atomic mass is 32.2. The van der Waals surface area contributed by atoms with Gasteiger partial charge in [-0.3, -0.25) is 4.79 Å². The Hall–Kier alpha value is -0.660. The van der Waals surface area contributed by atoms with Crippen molar-refractivity contribution in [3.63, 3.8) is 0 Å². The summed E-state index contributed by atoms with van der Waals surface area (Å²) in [6.07, 6.45) is 2.78. The summed E-state index contributed by atoms with van der Waals surface area (Å²) in [5.74, 6) is 0.0105. The van der Waals surface area contributed by atoms with Crippen LogP contribution in [0.25, 0.3) is 0 Å². The SMILES string of the molecule is CNCC(C)C(=O)N1CCCC(NS(C)(=O)=O)C1.